The Labute approximate surface area is 121 Å². The lowest BCUT2D eigenvalue weighted by Crippen LogP contribution is -2.24. The molecule has 0 spiro atoms. The van der Waals surface area contributed by atoms with Crippen LogP contribution in [0.4, 0.5) is 26.3 Å². The summed E-state index contributed by atoms with van der Waals surface area (Å²) in [6.45, 7) is 0. The molecule has 22 heavy (non-hydrogen) atoms. The van der Waals surface area contributed by atoms with E-state index in [1.54, 1.807) is 0 Å². The average molecular weight is 324 g/mol. The van der Waals surface area contributed by atoms with E-state index in [0.717, 1.165) is 0 Å². The summed E-state index contributed by atoms with van der Waals surface area (Å²) in [5.41, 5.74) is -3.31. The molecule has 2 rings (SSSR count). The van der Waals surface area contributed by atoms with Gasteiger partial charge in [-0.05, 0) is 23.6 Å². The Morgan fingerprint density at radius 2 is 1.41 bits per heavy atom. The molecule has 1 aromatic carbocycles. The minimum absolute atomic E-state index is 0.0267. The Kier molecular flexibility index (Phi) is 4.06. The molecule has 0 N–H and O–H groups in total. The fraction of sp³-hybridized carbons (Fsp3) is 0.429. The predicted molar refractivity (Wildman–Crippen MR) is 63.1 cm³/mol. The highest BCUT2D eigenvalue weighted by atomic mass is 19.4. The summed E-state index contributed by atoms with van der Waals surface area (Å²) in [5.74, 6) is -2.05. The van der Waals surface area contributed by atoms with Gasteiger partial charge < -0.3 is 0 Å². The number of benzene rings is 1. The van der Waals surface area contributed by atoms with Gasteiger partial charge in [0.2, 0.25) is 0 Å². The molecule has 8 heteroatoms. The molecule has 2 nitrogen and oxygen atoms in total. The summed E-state index contributed by atoms with van der Waals surface area (Å²) in [6.07, 6.45) is -10.8. The van der Waals surface area contributed by atoms with E-state index in [-0.39, 0.29) is 25.3 Å². The molecule has 0 radical (unpaired) electrons. The van der Waals surface area contributed by atoms with Crippen molar-refractivity contribution in [1.29, 1.82) is 0 Å². The lowest BCUT2D eigenvalue weighted by molar-refractivity contribution is -0.144. The van der Waals surface area contributed by atoms with Crippen molar-refractivity contribution in [3.63, 3.8) is 0 Å². The Morgan fingerprint density at radius 1 is 0.864 bits per heavy atom. The van der Waals surface area contributed by atoms with Crippen LogP contribution < -0.4 is 0 Å². The smallest absolute Gasteiger partial charge is 0.299 e. The maximum atomic E-state index is 13.0. The molecular weight excluding hydrogens is 314 g/mol. The van der Waals surface area contributed by atoms with Gasteiger partial charge >= 0.3 is 12.4 Å². The SMILES string of the molecule is O=C1CC(=O)CC(c2ccc(C(F)(F)F)cc2C(F)(F)F)C1. The van der Waals surface area contributed by atoms with Gasteiger partial charge in [0.25, 0.3) is 0 Å². The molecule has 1 saturated carbocycles. The van der Waals surface area contributed by atoms with Gasteiger partial charge in [0.05, 0.1) is 17.5 Å². The third kappa shape index (κ3) is 3.48. The minimum atomic E-state index is -5.00. The predicted octanol–water partition coefficient (Wildman–Crippen LogP) is 4.13. The largest absolute Gasteiger partial charge is 0.416 e. The number of alkyl halides is 6. The maximum absolute atomic E-state index is 13.0. The topological polar surface area (TPSA) is 34.1 Å². The fourth-order valence-corrected chi connectivity index (χ4v) is 2.54. The summed E-state index contributed by atoms with van der Waals surface area (Å²) in [6, 6.07) is 1.27. The van der Waals surface area contributed by atoms with Crippen LogP contribution in [0.25, 0.3) is 0 Å². The zero-order valence-corrected chi connectivity index (χ0v) is 11.0. The number of carbonyl (C=O) groups excluding carboxylic acids is 2. The van der Waals surface area contributed by atoms with E-state index >= 15 is 0 Å². The first kappa shape index (κ1) is 16.5. The van der Waals surface area contributed by atoms with Gasteiger partial charge in [-0.15, -0.1) is 0 Å². The molecule has 0 atom stereocenters. The number of carbonyl (C=O) groups is 2. The number of ketones is 2. The third-order valence-corrected chi connectivity index (χ3v) is 3.47. The third-order valence-electron chi connectivity index (χ3n) is 3.47. The van der Waals surface area contributed by atoms with Crippen LogP contribution in [0.3, 0.4) is 0 Å². The van der Waals surface area contributed by atoms with Crippen molar-refractivity contribution >= 4 is 11.6 Å². The first-order valence-corrected chi connectivity index (χ1v) is 6.30. The quantitative estimate of drug-likeness (QED) is 0.575. The first-order chi connectivity index (χ1) is 9.98. The zero-order valence-electron chi connectivity index (χ0n) is 11.0. The Bertz CT molecular complexity index is 599. The van der Waals surface area contributed by atoms with E-state index in [0.29, 0.717) is 12.1 Å². The van der Waals surface area contributed by atoms with Crippen molar-refractivity contribution in [3.8, 4) is 0 Å². The van der Waals surface area contributed by atoms with Crippen molar-refractivity contribution in [2.75, 3.05) is 0 Å². The zero-order chi connectivity index (χ0) is 16.7. The molecule has 1 aliphatic carbocycles. The lowest BCUT2D eigenvalue weighted by atomic mass is 9.80. The molecule has 0 aromatic heterocycles. The van der Waals surface area contributed by atoms with Crippen molar-refractivity contribution in [2.24, 2.45) is 0 Å². The molecule has 0 heterocycles. The van der Waals surface area contributed by atoms with Crippen LogP contribution in [0.2, 0.25) is 0 Å². The highest BCUT2D eigenvalue weighted by molar-refractivity contribution is 6.02. The molecule has 0 saturated heterocycles. The average Bonchev–Trinajstić information content (AvgIpc) is 2.34. The van der Waals surface area contributed by atoms with Crippen LogP contribution in [0, 0.1) is 0 Å². The number of hydrogen-bond acceptors (Lipinski definition) is 2. The van der Waals surface area contributed by atoms with E-state index in [4.69, 9.17) is 0 Å². The molecule has 1 aliphatic rings. The molecule has 0 aliphatic heterocycles. The molecule has 0 unspecified atom stereocenters. The van der Waals surface area contributed by atoms with Gasteiger partial charge in [0.15, 0.2) is 0 Å². The van der Waals surface area contributed by atoms with Crippen molar-refractivity contribution in [2.45, 2.75) is 37.5 Å². The summed E-state index contributed by atoms with van der Waals surface area (Å²) in [7, 11) is 0. The molecule has 0 bridgehead atoms. The first-order valence-electron chi connectivity index (χ1n) is 6.30. The van der Waals surface area contributed by atoms with E-state index < -0.39 is 46.5 Å². The number of Topliss-reactive ketones (excluding diaryl/α,β-unsaturated/α-hetero) is 2. The van der Waals surface area contributed by atoms with E-state index in [9.17, 15) is 35.9 Å². The standard InChI is InChI=1S/C14H10F6O2/c15-13(16,17)8-1-2-11(12(5-8)14(18,19)20)7-3-9(21)6-10(22)4-7/h1-2,5,7H,3-4,6H2. The monoisotopic (exact) mass is 324 g/mol. The molecule has 1 aromatic rings. The second-order valence-electron chi connectivity index (χ2n) is 5.16. The minimum Gasteiger partial charge on any atom is -0.299 e. The van der Waals surface area contributed by atoms with Crippen molar-refractivity contribution in [3.05, 3.63) is 34.9 Å². The maximum Gasteiger partial charge on any atom is 0.416 e. The van der Waals surface area contributed by atoms with E-state index in [1.165, 1.54) is 0 Å². The highest BCUT2D eigenvalue weighted by Crippen LogP contribution is 2.42. The lowest BCUT2D eigenvalue weighted by Gasteiger charge is -2.24. The van der Waals surface area contributed by atoms with E-state index in [2.05, 4.69) is 0 Å². The normalized spacial score (nSPS) is 17.9. The van der Waals surface area contributed by atoms with Crippen LogP contribution >= 0.6 is 0 Å². The second kappa shape index (κ2) is 5.40. The van der Waals surface area contributed by atoms with Gasteiger partial charge in [0, 0.05) is 12.8 Å². The molecule has 120 valence electrons. The molecule has 1 fully saturated rings. The van der Waals surface area contributed by atoms with Crippen LogP contribution in [-0.4, -0.2) is 11.6 Å². The van der Waals surface area contributed by atoms with Gasteiger partial charge in [-0.3, -0.25) is 9.59 Å². The van der Waals surface area contributed by atoms with Crippen LogP contribution in [0.15, 0.2) is 18.2 Å². The summed E-state index contributed by atoms with van der Waals surface area (Å²) >= 11 is 0. The van der Waals surface area contributed by atoms with Gasteiger partial charge in [-0.25, -0.2) is 0 Å². The van der Waals surface area contributed by atoms with Gasteiger partial charge in [-0.2, -0.15) is 26.3 Å². The Balaban J connectivity index is 2.51. The summed E-state index contributed by atoms with van der Waals surface area (Å²) < 4.78 is 76.8. The fourth-order valence-electron chi connectivity index (χ4n) is 2.54. The van der Waals surface area contributed by atoms with E-state index in [1.807, 2.05) is 0 Å². The number of hydrogen-bond donors (Lipinski definition) is 0. The van der Waals surface area contributed by atoms with Crippen LogP contribution in [-0.2, 0) is 21.9 Å². The number of rotatable bonds is 1. The Hall–Kier alpha value is -1.86. The molecule has 0 amide bonds. The van der Waals surface area contributed by atoms with Crippen molar-refractivity contribution in [1.82, 2.24) is 0 Å². The van der Waals surface area contributed by atoms with Crippen LogP contribution in [0.1, 0.15) is 41.9 Å². The summed E-state index contributed by atoms with van der Waals surface area (Å²) in [4.78, 5) is 22.7. The molecular formula is C14H10F6O2. The van der Waals surface area contributed by atoms with Crippen LogP contribution in [0.5, 0.6) is 0 Å². The van der Waals surface area contributed by atoms with Gasteiger partial charge in [-0.1, -0.05) is 6.07 Å². The second-order valence-corrected chi connectivity index (χ2v) is 5.16. The van der Waals surface area contributed by atoms with Gasteiger partial charge in [0.1, 0.15) is 11.6 Å². The summed E-state index contributed by atoms with van der Waals surface area (Å²) in [5, 5.41) is 0. The highest BCUT2D eigenvalue weighted by Gasteiger charge is 2.40. The van der Waals surface area contributed by atoms with Crippen molar-refractivity contribution < 1.29 is 35.9 Å². The Morgan fingerprint density at radius 3 is 1.86 bits per heavy atom. The number of halogens is 6.